The van der Waals surface area contributed by atoms with Gasteiger partial charge in [0.25, 0.3) is 0 Å². The van der Waals surface area contributed by atoms with Crippen LogP contribution < -0.4 is 16.0 Å². The minimum absolute atomic E-state index is 0.0378. The molecule has 0 heterocycles. The Labute approximate surface area is 221 Å². The molecular weight excluding hydrogens is 508 g/mol. The second kappa shape index (κ2) is 12.0. The number of carbonyl (C=O) groups is 3. The zero-order chi connectivity index (χ0) is 28.0. The summed E-state index contributed by atoms with van der Waals surface area (Å²) in [6, 6.07) is 19.1. The Bertz CT molecular complexity index is 1440. The van der Waals surface area contributed by atoms with Crippen LogP contribution in [-0.4, -0.2) is 44.8 Å². The summed E-state index contributed by atoms with van der Waals surface area (Å²) in [5.41, 5.74) is 2.15. The summed E-state index contributed by atoms with van der Waals surface area (Å²) in [5, 5.41) is 6.07. The number of nitrogens with zero attached hydrogens (tertiary/aromatic N) is 2. The number of sulfonamides is 1. The van der Waals surface area contributed by atoms with Crippen LogP contribution in [0.3, 0.4) is 0 Å². The van der Waals surface area contributed by atoms with Crippen LogP contribution in [-0.2, 0) is 30.9 Å². The largest absolute Gasteiger partial charge is 0.465 e. The molecule has 0 aliphatic heterocycles. The van der Waals surface area contributed by atoms with E-state index in [0.717, 1.165) is 5.01 Å². The van der Waals surface area contributed by atoms with Gasteiger partial charge in [0, 0.05) is 18.7 Å². The molecule has 10 nitrogen and oxygen atoms in total. The second-order valence-electron chi connectivity index (χ2n) is 9.03. The number of amides is 2. The van der Waals surface area contributed by atoms with Crippen molar-refractivity contribution in [2.75, 3.05) is 18.7 Å². The molecule has 200 valence electrons. The Morgan fingerprint density at radius 3 is 2.18 bits per heavy atom. The number of ether oxygens (including phenoxy) is 1. The zero-order valence-corrected chi connectivity index (χ0v) is 22.1. The number of primary sulfonamides is 1. The molecule has 38 heavy (non-hydrogen) atoms. The molecule has 3 aromatic carbocycles. The third kappa shape index (κ3) is 6.82. The monoisotopic (exact) mass is 538 g/mol. The van der Waals surface area contributed by atoms with E-state index in [1.807, 2.05) is 13.8 Å². The first-order valence-electron chi connectivity index (χ1n) is 11.7. The molecule has 3 rings (SSSR count). The van der Waals surface area contributed by atoms with Crippen LogP contribution in [0.5, 0.6) is 0 Å². The molecule has 0 aromatic heterocycles. The van der Waals surface area contributed by atoms with Crippen molar-refractivity contribution in [2.45, 2.75) is 25.3 Å². The lowest BCUT2D eigenvalue weighted by atomic mass is 10.1. The SMILES string of the molecule is COC(=O)c1cccc(CN(CC(C)C)C(=O)C(=O)N(N)c2ccc(-c3ccccc3S(N)(=O)=O)cc2)c1. The normalized spacial score (nSPS) is 11.2. The summed E-state index contributed by atoms with van der Waals surface area (Å²) in [4.78, 5) is 39.5. The number of methoxy groups -OCH3 is 1. The molecule has 0 unspecified atom stereocenters. The molecule has 3 aromatic rings. The summed E-state index contributed by atoms with van der Waals surface area (Å²) in [6.45, 7) is 4.19. The number of hydrazine groups is 1. The van der Waals surface area contributed by atoms with Crippen molar-refractivity contribution >= 4 is 33.5 Å². The minimum Gasteiger partial charge on any atom is -0.465 e. The zero-order valence-electron chi connectivity index (χ0n) is 21.3. The van der Waals surface area contributed by atoms with Gasteiger partial charge in [-0.1, -0.05) is 56.3 Å². The molecule has 0 aliphatic carbocycles. The summed E-state index contributed by atoms with van der Waals surface area (Å²) in [6.07, 6.45) is 0. The van der Waals surface area contributed by atoms with Crippen molar-refractivity contribution in [3.63, 3.8) is 0 Å². The number of rotatable bonds is 8. The van der Waals surface area contributed by atoms with Gasteiger partial charge < -0.3 is 9.64 Å². The molecule has 0 atom stereocenters. The summed E-state index contributed by atoms with van der Waals surface area (Å²) >= 11 is 0. The molecule has 0 bridgehead atoms. The highest BCUT2D eigenvalue weighted by atomic mass is 32.2. The highest BCUT2D eigenvalue weighted by Crippen LogP contribution is 2.28. The highest BCUT2D eigenvalue weighted by Gasteiger charge is 2.27. The van der Waals surface area contributed by atoms with Crippen molar-refractivity contribution < 1.29 is 27.5 Å². The van der Waals surface area contributed by atoms with Crippen molar-refractivity contribution in [3.8, 4) is 11.1 Å². The molecule has 0 saturated carbocycles. The number of carbonyl (C=O) groups excluding carboxylic acids is 3. The molecule has 0 aliphatic rings. The maximum Gasteiger partial charge on any atom is 0.337 e. The van der Waals surface area contributed by atoms with Crippen LogP contribution in [0, 0.1) is 5.92 Å². The predicted molar refractivity (Wildman–Crippen MR) is 143 cm³/mol. The first kappa shape index (κ1) is 28.5. The smallest absolute Gasteiger partial charge is 0.337 e. The number of esters is 1. The number of hydrogen-bond donors (Lipinski definition) is 2. The molecule has 4 N–H and O–H groups in total. The fraction of sp³-hybridized carbons (Fsp3) is 0.222. The highest BCUT2D eigenvalue weighted by molar-refractivity contribution is 7.89. The lowest BCUT2D eigenvalue weighted by Crippen LogP contribution is -2.49. The Morgan fingerprint density at radius 2 is 1.58 bits per heavy atom. The van der Waals surface area contributed by atoms with Crippen LogP contribution in [0.15, 0.2) is 77.7 Å². The summed E-state index contributed by atoms with van der Waals surface area (Å²) in [7, 11) is -2.67. The standard InChI is InChI=1S/C27H30N4O6S/c1-18(2)16-30(17-19-7-6-8-21(15-19)27(34)37-3)25(32)26(33)31(28)22-13-11-20(12-14-22)23-9-4-5-10-24(23)38(29,35)36/h4-15,18H,16-17,28H2,1-3H3,(H2,29,35,36). The second-order valence-corrected chi connectivity index (χ2v) is 10.6. The molecule has 11 heteroatoms. The number of hydrogen-bond acceptors (Lipinski definition) is 7. The maximum absolute atomic E-state index is 13.2. The quantitative estimate of drug-likeness (QED) is 0.147. The van der Waals surface area contributed by atoms with Crippen LogP contribution >= 0.6 is 0 Å². The van der Waals surface area contributed by atoms with Crippen molar-refractivity contribution in [2.24, 2.45) is 16.9 Å². The Balaban J connectivity index is 1.82. The lowest BCUT2D eigenvalue weighted by Gasteiger charge is -2.26. The van der Waals surface area contributed by atoms with Crippen LogP contribution in [0.1, 0.15) is 29.8 Å². The lowest BCUT2D eigenvalue weighted by molar-refractivity contribution is -0.145. The fourth-order valence-corrected chi connectivity index (χ4v) is 4.67. The molecule has 0 spiro atoms. The van der Waals surface area contributed by atoms with Gasteiger partial charge in [0.15, 0.2) is 0 Å². The van der Waals surface area contributed by atoms with Gasteiger partial charge in [-0.2, -0.15) is 0 Å². The first-order valence-corrected chi connectivity index (χ1v) is 13.2. The predicted octanol–water partition coefficient (Wildman–Crippen LogP) is 2.68. The van der Waals surface area contributed by atoms with Gasteiger partial charge in [0.2, 0.25) is 10.0 Å². The fourth-order valence-electron chi connectivity index (χ4n) is 3.91. The van der Waals surface area contributed by atoms with E-state index in [2.05, 4.69) is 0 Å². The van der Waals surface area contributed by atoms with E-state index in [0.29, 0.717) is 22.3 Å². The van der Waals surface area contributed by atoms with E-state index in [-0.39, 0.29) is 29.6 Å². The Morgan fingerprint density at radius 1 is 0.921 bits per heavy atom. The molecule has 0 fully saturated rings. The van der Waals surface area contributed by atoms with Gasteiger partial charge in [0.1, 0.15) is 0 Å². The first-order chi connectivity index (χ1) is 17.9. The van der Waals surface area contributed by atoms with Crippen molar-refractivity contribution in [1.29, 1.82) is 0 Å². The molecular formula is C27H30N4O6S. The van der Waals surface area contributed by atoms with E-state index in [1.165, 1.54) is 30.2 Å². The third-order valence-corrected chi connectivity index (χ3v) is 6.62. The third-order valence-electron chi connectivity index (χ3n) is 5.65. The van der Waals surface area contributed by atoms with Crippen molar-refractivity contribution in [3.05, 3.63) is 83.9 Å². The molecule has 0 radical (unpaired) electrons. The average molecular weight is 539 g/mol. The van der Waals surface area contributed by atoms with Gasteiger partial charge in [-0.15, -0.1) is 0 Å². The van der Waals surface area contributed by atoms with E-state index < -0.39 is 27.8 Å². The van der Waals surface area contributed by atoms with Gasteiger partial charge in [0.05, 0.1) is 23.3 Å². The summed E-state index contributed by atoms with van der Waals surface area (Å²) in [5.74, 6) is 3.82. The van der Waals surface area contributed by atoms with Gasteiger partial charge in [-0.25, -0.2) is 29.2 Å². The number of anilines is 1. The molecule has 2 amide bonds. The van der Waals surface area contributed by atoms with Gasteiger partial charge in [-0.05, 0) is 47.4 Å². The van der Waals surface area contributed by atoms with Crippen molar-refractivity contribution in [1.82, 2.24) is 4.90 Å². The van der Waals surface area contributed by atoms with E-state index in [9.17, 15) is 22.8 Å². The average Bonchev–Trinajstić information content (AvgIpc) is 2.90. The minimum atomic E-state index is -3.95. The van der Waals surface area contributed by atoms with Crippen LogP contribution in [0.25, 0.3) is 11.1 Å². The molecule has 0 saturated heterocycles. The number of benzene rings is 3. The Kier molecular flexibility index (Phi) is 9.00. The topological polar surface area (TPSA) is 153 Å². The van der Waals surface area contributed by atoms with Gasteiger partial charge >= 0.3 is 17.8 Å². The van der Waals surface area contributed by atoms with Gasteiger partial charge in [-0.3, -0.25) is 9.59 Å². The Hall–Kier alpha value is -4.06. The van der Waals surface area contributed by atoms with E-state index in [1.54, 1.807) is 54.6 Å². The summed E-state index contributed by atoms with van der Waals surface area (Å²) < 4.78 is 28.6. The van der Waals surface area contributed by atoms with E-state index in [4.69, 9.17) is 15.7 Å². The van der Waals surface area contributed by atoms with E-state index >= 15 is 0 Å². The number of nitrogens with two attached hydrogens (primary N) is 2. The van der Waals surface area contributed by atoms with Crippen LogP contribution in [0.4, 0.5) is 5.69 Å². The van der Waals surface area contributed by atoms with Crippen LogP contribution in [0.2, 0.25) is 0 Å². The maximum atomic E-state index is 13.2.